The zero-order valence-electron chi connectivity index (χ0n) is 11.1. The fraction of sp³-hybridized carbons (Fsp3) is 0.429. The SMILES string of the molecule is O=C(NCc1ccccc1)C(=O)NC[C@@]1(O)CCOC1. The van der Waals surface area contributed by atoms with E-state index in [9.17, 15) is 14.7 Å². The molecule has 3 N–H and O–H groups in total. The van der Waals surface area contributed by atoms with Crippen molar-refractivity contribution in [2.45, 2.75) is 18.6 Å². The number of nitrogens with one attached hydrogen (secondary N) is 2. The van der Waals surface area contributed by atoms with Crippen LogP contribution in [-0.2, 0) is 20.9 Å². The number of amides is 2. The van der Waals surface area contributed by atoms with E-state index >= 15 is 0 Å². The second-order valence-corrected chi connectivity index (χ2v) is 4.88. The van der Waals surface area contributed by atoms with Crippen LogP contribution in [0.5, 0.6) is 0 Å². The first-order valence-electron chi connectivity index (χ1n) is 6.49. The predicted molar refractivity (Wildman–Crippen MR) is 71.7 cm³/mol. The van der Waals surface area contributed by atoms with Gasteiger partial charge in [-0.3, -0.25) is 9.59 Å². The molecule has 0 unspecified atom stereocenters. The number of carbonyl (C=O) groups is 2. The molecule has 1 heterocycles. The van der Waals surface area contributed by atoms with Gasteiger partial charge in [0, 0.05) is 26.1 Å². The zero-order chi connectivity index (χ0) is 14.4. The lowest BCUT2D eigenvalue weighted by atomic mass is 10.0. The Morgan fingerprint density at radius 2 is 1.90 bits per heavy atom. The Bertz CT molecular complexity index is 469. The maximum Gasteiger partial charge on any atom is 0.309 e. The molecular weight excluding hydrogens is 260 g/mol. The highest BCUT2D eigenvalue weighted by molar-refractivity contribution is 6.35. The smallest absolute Gasteiger partial charge is 0.309 e. The lowest BCUT2D eigenvalue weighted by molar-refractivity contribution is -0.139. The van der Waals surface area contributed by atoms with Gasteiger partial charge in [-0.1, -0.05) is 30.3 Å². The summed E-state index contributed by atoms with van der Waals surface area (Å²) >= 11 is 0. The summed E-state index contributed by atoms with van der Waals surface area (Å²) in [4.78, 5) is 23.2. The Balaban J connectivity index is 1.73. The summed E-state index contributed by atoms with van der Waals surface area (Å²) in [5.41, 5.74) is -0.147. The summed E-state index contributed by atoms with van der Waals surface area (Å²) in [5.74, 6) is -1.46. The van der Waals surface area contributed by atoms with Gasteiger partial charge in [-0.2, -0.15) is 0 Å². The Hall–Kier alpha value is -1.92. The number of carbonyl (C=O) groups excluding carboxylic acids is 2. The highest BCUT2D eigenvalue weighted by Crippen LogP contribution is 2.16. The number of rotatable bonds is 4. The number of hydrogen-bond donors (Lipinski definition) is 3. The first kappa shape index (κ1) is 14.5. The van der Waals surface area contributed by atoms with Crippen molar-refractivity contribution in [3.8, 4) is 0 Å². The van der Waals surface area contributed by atoms with E-state index in [1.165, 1.54) is 0 Å². The minimum absolute atomic E-state index is 0.0184. The van der Waals surface area contributed by atoms with Crippen LogP contribution in [0.15, 0.2) is 30.3 Å². The first-order chi connectivity index (χ1) is 9.59. The summed E-state index contributed by atoms with van der Waals surface area (Å²) in [6.45, 7) is 0.955. The molecule has 6 nitrogen and oxygen atoms in total. The summed E-state index contributed by atoms with van der Waals surface area (Å²) < 4.78 is 5.06. The number of ether oxygens (including phenoxy) is 1. The van der Waals surface area contributed by atoms with Crippen LogP contribution in [0, 0.1) is 0 Å². The van der Waals surface area contributed by atoms with Gasteiger partial charge in [0.1, 0.15) is 5.60 Å². The predicted octanol–water partition coefficient (Wildman–Crippen LogP) is -0.430. The van der Waals surface area contributed by atoms with E-state index in [2.05, 4.69) is 10.6 Å². The molecule has 6 heteroatoms. The summed E-state index contributed by atoms with van der Waals surface area (Å²) in [5, 5.41) is 14.9. The third-order valence-electron chi connectivity index (χ3n) is 3.16. The second-order valence-electron chi connectivity index (χ2n) is 4.88. The molecule has 20 heavy (non-hydrogen) atoms. The molecule has 1 aliphatic rings. The quantitative estimate of drug-likeness (QED) is 0.652. The van der Waals surface area contributed by atoms with Crippen LogP contribution in [0.4, 0.5) is 0 Å². The normalized spacial score (nSPS) is 21.4. The van der Waals surface area contributed by atoms with Gasteiger partial charge in [-0.15, -0.1) is 0 Å². The minimum Gasteiger partial charge on any atom is -0.386 e. The minimum atomic E-state index is -1.06. The van der Waals surface area contributed by atoms with E-state index in [1.807, 2.05) is 30.3 Å². The van der Waals surface area contributed by atoms with Crippen LogP contribution < -0.4 is 10.6 Å². The van der Waals surface area contributed by atoms with Crippen LogP contribution in [0.1, 0.15) is 12.0 Å². The van der Waals surface area contributed by atoms with Crippen molar-refractivity contribution < 1.29 is 19.4 Å². The van der Waals surface area contributed by atoms with Crippen molar-refractivity contribution in [3.05, 3.63) is 35.9 Å². The van der Waals surface area contributed by atoms with Crippen molar-refractivity contribution in [1.29, 1.82) is 0 Å². The maximum absolute atomic E-state index is 11.6. The van der Waals surface area contributed by atoms with Crippen LogP contribution in [0.2, 0.25) is 0 Å². The van der Waals surface area contributed by atoms with Crippen molar-refractivity contribution in [1.82, 2.24) is 10.6 Å². The van der Waals surface area contributed by atoms with Gasteiger partial charge >= 0.3 is 11.8 Å². The van der Waals surface area contributed by atoms with Gasteiger partial charge in [-0.25, -0.2) is 0 Å². The molecule has 2 amide bonds. The Labute approximate surface area is 117 Å². The summed E-state index contributed by atoms with van der Waals surface area (Å²) in [6.07, 6.45) is 0.457. The molecule has 0 aromatic heterocycles. The van der Waals surface area contributed by atoms with Crippen molar-refractivity contribution in [3.63, 3.8) is 0 Å². The molecule has 0 saturated carbocycles. The average Bonchev–Trinajstić information content (AvgIpc) is 2.90. The standard InChI is InChI=1S/C14H18N2O4/c17-12(15-8-11-4-2-1-3-5-11)13(18)16-9-14(19)6-7-20-10-14/h1-5,19H,6-10H2,(H,15,17)(H,16,18)/t14-/m0/s1. The molecule has 1 fully saturated rings. The molecule has 1 aromatic carbocycles. The van der Waals surface area contributed by atoms with Gasteiger partial charge in [0.05, 0.1) is 6.61 Å². The van der Waals surface area contributed by atoms with Crippen molar-refractivity contribution in [2.24, 2.45) is 0 Å². The van der Waals surface area contributed by atoms with E-state index in [1.54, 1.807) is 0 Å². The van der Waals surface area contributed by atoms with E-state index in [4.69, 9.17) is 4.74 Å². The summed E-state index contributed by atoms with van der Waals surface area (Å²) in [6, 6.07) is 9.31. The molecule has 2 rings (SSSR count). The van der Waals surface area contributed by atoms with E-state index in [-0.39, 0.29) is 13.2 Å². The highest BCUT2D eigenvalue weighted by Gasteiger charge is 2.33. The van der Waals surface area contributed by atoms with Crippen molar-refractivity contribution in [2.75, 3.05) is 19.8 Å². The van der Waals surface area contributed by atoms with Gasteiger partial charge in [0.15, 0.2) is 0 Å². The number of benzene rings is 1. The van der Waals surface area contributed by atoms with Gasteiger partial charge < -0.3 is 20.5 Å². The largest absolute Gasteiger partial charge is 0.386 e. The molecule has 108 valence electrons. The molecule has 0 radical (unpaired) electrons. The molecule has 1 aromatic rings. The average molecular weight is 278 g/mol. The molecule has 0 spiro atoms. The van der Waals surface area contributed by atoms with Crippen molar-refractivity contribution >= 4 is 11.8 Å². The van der Waals surface area contributed by atoms with Crippen LogP contribution in [0.25, 0.3) is 0 Å². The topological polar surface area (TPSA) is 87.7 Å². The Morgan fingerprint density at radius 1 is 1.20 bits per heavy atom. The number of aliphatic hydroxyl groups is 1. The van der Waals surface area contributed by atoms with Crippen LogP contribution in [-0.4, -0.2) is 42.3 Å². The Morgan fingerprint density at radius 3 is 2.55 bits per heavy atom. The lowest BCUT2D eigenvalue weighted by Gasteiger charge is -2.20. The molecule has 0 bridgehead atoms. The summed E-state index contributed by atoms with van der Waals surface area (Å²) in [7, 11) is 0. The highest BCUT2D eigenvalue weighted by atomic mass is 16.5. The number of hydrogen-bond acceptors (Lipinski definition) is 4. The molecular formula is C14H18N2O4. The molecule has 1 aliphatic heterocycles. The molecule has 1 atom stereocenters. The fourth-order valence-corrected chi connectivity index (χ4v) is 1.92. The second kappa shape index (κ2) is 6.49. The maximum atomic E-state index is 11.6. The van der Waals surface area contributed by atoms with Crippen LogP contribution in [0.3, 0.4) is 0 Å². The van der Waals surface area contributed by atoms with Gasteiger partial charge in [0.25, 0.3) is 0 Å². The Kier molecular flexibility index (Phi) is 4.70. The molecule has 0 aliphatic carbocycles. The first-order valence-corrected chi connectivity index (χ1v) is 6.49. The molecule has 1 saturated heterocycles. The van der Waals surface area contributed by atoms with Gasteiger partial charge in [-0.05, 0) is 5.56 Å². The third kappa shape index (κ3) is 4.04. The van der Waals surface area contributed by atoms with Crippen LogP contribution >= 0.6 is 0 Å². The zero-order valence-corrected chi connectivity index (χ0v) is 11.1. The van der Waals surface area contributed by atoms with E-state index in [0.717, 1.165) is 5.56 Å². The van der Waals surface area contributed by atoms with E-state index < -0.39 is 17.4 Å². The lowest BCUT2D eigenvalue weighted by Crippen LogP contribution is -2.47. The van der Waals surface area contributed by atoms with E-state index in [0.29, 0.717) is 19.6 Å². The third-order valence-corrected chi connectivity index (χ3v) is 3.16. The fourth-order valence-electron chi connectivity index (χ4n) is 1.92. The monoisotopic (exact) mass is 278 g/mol. The van der Waals surface area contributed by atoms with Gasteiger partial charge in [0.2, 0.25) is 0 Å².